The maximum atomic E-state index is 4.13. The Labute approximate surface area is 58.5 Å². The maximum Gasteiger partial charge on any atom is 0.0970 e. The van der Waals surface area contributed by atoms with E-state index < -0.39 is 0 Å². The molecule has 2 rings (SSSR count). The second-order valence-corrected chi connectivity index (χ2v) is 2.17. The minimum absolute atomic E-state index is 0.972. The fourth-order valence-electron chi connectivity index (χ4n) is 0.975. The first kappa shape index (κ1) is 5.46. The molecule has 0 unspecified atom stereocenters. The zero-order valence-electron chi connectivity index (χ0n) is 5.49. The van der Waals surface area contributed by atoms with Crippen LogP contribution in [0, 0.1) is 0 Å². The van der Waals surface area contributed by atoms with Gasteiger partial charge in [-0.05, 0) is 0 Å². The van der Waals surface area contributed by atoms with Gasteiger partial charge in [-0.3, -0.25) is 10.1 Å². The summed E-state index contributed by atoms with van der Waals surface area (Å²) in [6.45, 7) is 0.972. The van der Waals surface area contributed by atoms with Crippen LogP contribution in [0.1, 0.15) is 6.42 Å². The first-order chi connectivity index (χ1) is 4.97. The lowest BCUT2D eigenvalue weighted by Gasteiger charge is -2.08. The van der Waals surface area contributed by atoms with E-state index in [9.17, 15) is 0 Å². The number of anilines is 1. The average Bonchev–Trinajstić information content (AvgIpc) is 2.59. The van der Waals surface area contributed by atoms with Crippen LogP contribution in [-0.2, 0) is 0 Å². The Balaban J connectivity index is 2.20. The lowest BCUT2D eigenvalue weighted by Crippen LogP contribution is -2.10. The number of nitrogens with zero attached hydrogens (tertiary/aromatic N) is 3. The van der Waals surface area contributed by atoms with E-state index in [4.69, 9.17) is 0 Å². The Morgan fingerprint density at radius 1 is 1.60 bits per heavy atom. The molecular weight excluding hydrogens is 128 g/mol. The van der Waals surface area contributed by atoms with Gasteiger partial charge in [-0.15, -0.1) is 0 Å². The molecule has 0 atom stereocenters. The van der Waals surface area contributed by atoms with Crippen molar-refractivity contribution in [3.63, 3.8) is 0 Å². The monoisotopic (exact) mass is 136 g/mol. The molecule has 0 aromatic carbocycles. The van der Waals surface area contributed by atoms with Crippen LogP contribution < -0.4 is 5.01 Å². The SMILES string of the molecule is C1=NN(c2cn[nH]c2)CC1. The molecule has 0 saturated carbocycles. The van der Waals surface area contributed by atoms with Gasteiger partial charge in [0.25, 0.3) is 0 Å². The van der Waals surface area contributed by atoms with Crippen molar-refractivity contribution in [3.05, 3.63) is 12.4 Å². The molecule has 0 spiro atoms. The van der Waals surface area contributed by atoms with E-state index in [-0.39, 0.29) is 0 Å². The Morgan fingerprint density at radius 3 is 3.20 bits per heavy atom. The van der Waals surface area contributed by atoms with E-state index in [0.717, 1.165) is 18.7 Å². The lowest BCUT2D eigenvalue weighted by molar-refractivity contribution is 0.923. The topological polar surface area (TPSA) is 44.3 Å². The van der Waals surface area contributed by atoms with Crippen molar-refractivity contribution in [2.45, 2.75) is 6.42 Å². The average molecular weight is 136 g/mol. The summed E-state index contributed by atoms with van der Waals surface area (Å²) >= 11 is 0. The summed E-state index contributed by atoms with van der Waals surface area (Å²) in [5.41, 5.74) is 1.04. The summed E-state index contributed by atoms with van der Waals surface area (Å²) in [6, 6.07) is 0. The van der Waals surface area contributed by atoms with Crippen molar-refractivity contribution >= 4 is 11.9 Å². The molecule has 1 aromatic heterocycles. The molecule has 4 nitrogen and oxygen atoms in total. The van der Waals surface area contributed by atoms with Crippen LogP contribution in [0.3, 0.4) is 0 Å². The van der Waals surface area contributed by atoms with Crippen molar-refractivity contribution in [2.24, 2.45) is 5.10 Å². The first-order valence-electron chi connectivity index (χ1n) is 3.25. The molecule has 0 aliphatic carbocycles. The van der Waals surface area contributed by atoms with E-state index in [1.807, 2.05) is 17.4 Å². The van der Waals surface area contributed by atoms with Crippen LogP contribution in [0.15, 0.2) is 17.5 Å². The number of aromatic amines is 1. The highest BCUT2D eigenvalue weighted by molar-refractivity contribution is 5.64. The van der Waals surface area contributed by atoms with Crippen molar-refractivity contribution in [1.82, 2.24) is 10.2 Å². The third-order valence-corrected chi connectivity index (χ3v) is 1.47. The van der Waals surface area contributed by atoms with Gasteiger partial charge in [0.05, 0.1) is 11.9 Å². The summed E-state index contributed by atoms with van der Waals surface area (Å²) in [5.74, 6) is 0. The Bertz CT molecular complexity index is 226. The molecule has 0 amide bonds. The molecule has 1 aliphatic heterocycles. The summed E-state index contributed by atoms with van der Waals surface area (Å²) in [7, 11) is 0. The molecule has 1 N–H and O–H groups in total. The van der Waals surface area contributed by atoms with Gasteiger partial charge in [0.1, 0.15) is 0 Å². The predicted octanol–water partition coefficient (Wildman–Crippen LogP) is 0.606. The predicted molar refractivity (Wildman–Crippen MR) is 39.0 cm³/mol. The van der Waals surface area contributed by atoms with Crippen molar-refractivity contribution in [2.75, 3.05) is 11.6 Å². The van der Waals surface area contributed by atoms with Gasteiger partial charge >= 0.3 is 0 Å². The molecule has 0 radical (unpaired) electrons. The molecule has 4 heteroatoms. The minimum Gasteiger partial charge on any atom is -0.284 e. The van der Waals surface area contributed by atoms with Crippen LogP contribution in [0.25, 0.3) is 0 Å². The second kappa shape index (κ2) is 2.13. The highest BCUT2D eigenvalue weighted by Crippen LogP contribution is 2.13. The van der Waals surface area contributed by atoms with E-state index >= 15 is 0 Å². The third kappa shape index (κ3) is 0.775. The fourth-order valence-corrected chi connectivity index (χ4v) is 0.975. The van der Waals surface area contributed by atoms with Gasteiger partial charge in [-0.25, -0.2) is 0 Å². The van der Waals surface area contributed by atoms with Gasteiger partial charge in [0.2, 0.25) is 0 Å². The van der Waals surface area contributed by atoms with E-state index in [1.165, 1.54) is 0 Å². The lowest BCUT2D eigenvalue weighted by atomic mass is 10.4. The first-order valence-corrected chi connectivity index (χ1v) is 3.25. The Hall–Kier alpha value is -1.32. The Morgan fingerprint density at radius 2 is 2.60 bits per heavy atom. The number of H-pyrrole nitrogens is 1. The van der Waals surface area contributed by atoms with Crippen molar-refractivity contribution in [3.8, 4) is 0 Å². The van der Waals surface area contributed by atoms with Crippen LogP contribution in [0.5, 0.6) is 0 Å². The molecule has 1 aromatic rings. The number of hydrogen-bond acceptors (Lipinski definition) is 3. The molecular formula is C6H8N4. The van der Waals surface area contributed by atoms with Crippen molar-refractivity contribution < 1.29 is 0 Å². The highest BCUT2D eigenvalue weighted by atomic mass is 15.5. The van der Waals surface area contributed by atoms with Gasteiger partial charge in [0, 0.05) is 25.4 Å². The standard InChI is InChI=1S/C6H8N4/c1-2-9-10(3-1)6-4-7-8-5-6/h2,4-5H,1,3H2,(H,7,8). The Kier molecular flexibility index (Phi) is 1.16. The zero-order chi connectivity index (χ0) is 6.81. The number of nitrogens with one attached hydrogen (secondary N) is 1. The smallest absolute Gasteiger partial charge is 0.0970 e. The van der Waals surface area contributed by atoms with Crippen LogP contribution >= 0.6 is 0 Å². The molecule has 0 saturated heterocycles. The molecule has 0 bridgehead atoms. The van der Waals surface area contributed by atoms with Crippen LogP contribution in [0.2, 0.25) is 0 Å². The van der Waals surface area contributed by atoms with E-state index in [0.29, 0.717) is 0 Å². The van der Waals surface area contributed by atoms with Gasteiger partial charge in [-0.2, -0.15) is 10.2 Å². The minimum atomic E-state index is 0.972. The fraction of sp³-hybridized carbons (Fsp3) is 0.333. The quantitative estimate of drug-likeness (QED) is 0.614. The molecule has 0 fully saturated rings. The molecule has 52 valence electrons. The van der Waals surface area contributed by atoms with Gasteiger partial charge < -0.3 is 0 Å². The number of rotatable bonds is 1. The van der Waals surface area contributed by atoms with Crippen LogP contribution in [0.4, 0.5) is 5.69 Å². The molecule has 2 heterocycles. The summed E-state index contributed by atoms with van der Waals surface area (Å²) < 4.78 is 0. The number of aromatic nitrogens is 2. The second-order valence-electron chi connectivity index (χ2n) is 2.17. The maximum absolute atomic E-state index is 4.13. The molecule has 1 aliphatic rings. The zero-order valence-corrected chi connectivity index (χ0v) is 5.49. The largest absolute Gasteiger partial charge is 0.284 e. The summed E-state index contributed by atoms with van der Waals surface area (Å²) in [6.07, 6.45) is 6.55. The van der Waals surface area contributed by atoms with E-state index in [2.05, 4.69) is 15.3 Å². The van der Waals surface area contributed by atoms with Gasteiger partial charge in [0.15, 0.2) is 0 Å². The van der Waals surface area contributed by atoms with E-state index in [1.54, 1.807) is 6.20 Å². The molecule has 10 heavy (non-hydrogen) atoms. The van der Waals surface area contributed by atoms with Crippen LogP contribution in [-0.4, -0.2) is 23.0 Å². The van der Waals surface area contributed by atoms with Crippen molar-refractivity contribution in [1.29, 1.82) is 0 Å². The normalized spacial score (nSPS) is 16.6. The number of hydrazone groups is 1. The summed E-state index contributed by atoms with van der Waals surface area (Å²) in [5, 5.41) is 12.6. The summed E-state index contributed by atoms with van der Waals surface area (Å²) in [4.78, 5) is 0. The highest BCUT2D eigenvalue weighted by Gasteiger charge is 2.07. The third-order valence-electron chi connectivity index (χ3n) is 1.47. The number of hydrogen-bond donors (Lipinski definition) is 1. The van der Waals surface area contributed by atoms with Gasteiger partial charge in [-0.1, -0.05) is 0 Å².